The third-order valence-corrected chi connectivity index (χ3v) is 3.46. The van der Waals surface area contributed by atoms with E-state index in [0.717, 1.165) is 0 Å². The molecule has 6 heteroatoms. The second-order valence-electron chi connectivity index (χ2n) is 5.92. The van der Waals surface area contributed by atoms with Gasteiger partial charge in [0.05, 0.1) is 6.61 Å². The third kappa shape index (κ3) is 2.07. The largest absolute Gasteiger partial charge is 0.366 e. The van der Waals surface area contributed by atoms with Gasteiger partial charge >= 0.3 is 0 Å². The Morgan fingerprint density at radius 1 is 0.889 bits per heavy atom. The predicted molar refractivity (Wildman–Crippen MR) is 59.6 cm³/mol. The number of hydrogen-bond acceptors (Lipinski definition) is 6. The molecule has 0 amide bonds. The van der Waals surface area contributed by atoms with Gasteiger partial charge in [0.1, 0.15) is 24.4 Å². The van der Waals surface area contributed by atoms with Crippen LogP contribution in [0.3, 0.4) is 0 Å². The number of hydrogen-bond donors (Lipinski definition) is 1. The Morgan fingerprint density at radius 3 is 2.17 bits per heavy atom. The monoisotopic (exact) mass is 260 g/mol. The lowest BCUT2D eigenvalue weighted by molar-refractivity contribution is -0.236. The molecule has 1 unspecified atom stereocenters. The van der Waals surface area contributed by atoms with Gasteiger partial charge in [-0.15, -0.1) is 0 Å². The standard InChI is InChI=1S/C12H20O6/c1-11(2)14-5-6(16-11)7-8-9(10(13)15-7)18-12(3,4)17-8/h6-10,13H,5H2,1-4H3/t6?,7-,8-,9-,10-/m0/s1. The molecule has 0 aromatic rings. The molecule has 3 heterocycles. The molecule has 0 spiro atoms. The fourth-order valence-corrected chi connectivity index (χ4v) is 2.78. The van der Waals surface area contributed by atoms with Gasteiger partial charge < -0.3 is 28.8 Å². The van der Waals surface area contributed by atoms with E-state index in [9.17, 15) is 5.11 Å². The maximum absolute atomic E-state index is 9.87. The van der Waals surface area contributed by atoms with Crippen molar-refractivity contribution in [3.05, 3.63) is 0 Å². The number of aliphatic hydroxyl groups excluding tert-OH is 1. The highest BCUT2D eigenvalue weighted by Gasteiger charge is 2.58. The minimum Gasteiger partial charge on any atom is -0.366 e. The minimum atomic E-state index is -0.978. The van der Waals surface area contributed by atoms with Gasteiger partial charge in [0.15, 0.2) is 17.9 Å². The van der Waals surface area contributed by atoms with Gasteiger partial charge in [-0.3, -0.25) is 0 Å². The summed E-state index contributed by atoms with van der Waals surface area (Å²) >= 11 is 0. The van der Waals surface area contributed by atoms with Gasteiger partial charge in [-0.1, -0.05) is 0 Å². The molecule has 0 aromatic carbocycles. The van der Waals surface area contributed by atoms with Crippen LogP contribution in [0.25, 0.3) is 0 Å². The van der Waals surface area contributed by atoms with Gasteiger partial charge in [0, 0.05) is 0 Å². The first kappa shape index (κ1) is 12.8. The van der Waals surface area contributed by atoms with Crippen LogP contribution in [0, 0.1) is 0 Å². The van der Waals surface area contributed by atoms with Crippen LogP contribution >= 0.6 is 0 Å². The lowest BCUT2D eigenvalue weighted by atomic mass is 10.1. The Balaban J connectivity index is 1.75. The fourth-order valence-electron chi connectivity index (χ4n) is 2.78. The maximum atomic E-state index is 9.87. The first-order valence-electron chi connectivity index (χ1n) is 6.28. The van der Waals surface area contributed by atoms with E-state index in [1.165, 1.54) is 0 Å². The van der Waals surface area contributed by atoms with Gasteiger partial charge in [-0.05, 0) is 27.7 Å². The van der Waals surface area contributed by atoms with Crippen molar-refractivity contribution >= 4 is 0 Å². The van der Waals surface area contributed by atoms with Crippen molar-refractivity contribution in [3.8, 4) is 0 Å². The van der Waals surface area contributed by atoms with Crippen LogP contribution in [0.1, 0.15) is 27.7 Å². The SMILES string of the molecule is CC1(C)OCC([C@@H]2O[C@H](O)[C@H]3OC(C)(C)O[C@H]32)O1. The quantitative estimate of drug-likeness (QED) is 0.735. The van der Waals surface area contributed by atoms with Crippen LogP contribution < -0.4 is 0 Å². The molecule has 0 radical (unpaired) electrons. The Kier molecular flexibility index (Phi) is 2.75. The minimum absolute atomic E-state index is 0.248. The molecule has 104 valence electrons. The first-order valence-corrected chi connectivity index (χ1v) is 6.28. The first-order chi connectivity index (χ1) is 8.27. The normalized spacial score (nSPS) is 49.5. The summed E-state index contributed by atoms with van der Waals surface area (Å²) in [6.45, 7) is 7.78. The molecule has 3 saturated heterocycles. The van der Waals surface area contributed by atoms with Crippen LogP contribution in [0.15, 0.2) is 0 Å². The zero-order valence-electron chi connectivity index (χ0n) is 11.1. The van der Waals surface area contributed by atoms with Crippen molar-refractivity contribution < 1.29 is 28.8 Å². The summed E-state index contributed by atoms with van der Waals surface area (Å²) < 4.78 is 28.2. The number of rotatable bonds is 1. The predicted octanol–water partition coefficient (Wildman–Crippen LogP) is 0.375. The van der Waals surface area contributed by atoms with E-state index in [2.05, 4.69) is 0 Å². The van der Waals surface area contributed by atoms with Crippen LogP contribution in [0.2, 0.25) is 0 Å². The van der Waals surface area contributed by atoms with E-state index < -0.39 is 24.0 Å². The second-order valence-corrected chi connectivity index (χ2v) is 5.92. The second kappa shape index (κ2) is 3.88. The molecule has 0 aromatic heterocycles. The van der Waals surface area contributed by atoms with E-state index in [0.29, 0.717) is 6.61 Å². The molecule has 0 bridgehead atoms. The molecule has 3 aliphatic rings. The summed E-state index contributed by atoms with van der Waals surface area (Å²) in [6.07, 6.45) is -2.38. The molecular formula is C12H20O6. The molecule has 6 nitrogen and oxygen atoms in total. The van der Waals surface area contributed by atoms with Crippen molar-refractivity contribution in [1.29, 1.82) is 0 Å². The van der Waals surface area contributed by atoms with Crippen molar-refractivity contribution in [2.24, 2.45) is 0 Å². The van der Waals surface area contributed by atoms with E-state index >= 15 is 0 Å². The Hall–Kier alpha value is -0.240. The van der Waals surface area contributed by atoms with Crippen molar-refractivity contribution in [1.82, 2.24) is 0 Å². The van der Waals surface area contributed by atoms with Crippen LogP contribution in [-0.2, 0) is 23.7 Å². The lowest BCUT2D eigenvalue weighted by Crippen LogP contribution is -2.40. The average Bonchev–Trinajstić information content (AvgIpc) is 2.81. The summed E-state index contributed by atoms with van der Waals surface area (Å²) in [4.78, 5) is 0. The van der Waals surface area contributed by atoms with Gasteiger partial charge in [0.2, 0.25) is 0 Å². The molecular weight excluding hydrogens is 240 g/mol. The molecule has 0 aliphatic carbocycles. The van der Waals surface area contributed by atoms with Crippen molar-refractivity contribution in [2.75, 3.05) is 6.61 Å². The van der Waals surface area contributed by atoms with Gasteiger partial charge in [-0.2, -0.15) is 0 Å². The number of aliphatic hydroxyl groups is 1. The Bertz CT molecular complexity index is 341. The summed E-state index contributed by atoms with van der Waals surface area (Å²) in [5, 5.41) is 9.87. The lowest BCUT2D eigenvalue weighted by Gasteiger charge is -2.26. The summed E-state index contributed by atoms with van der Waals surface area (Å²) in [5.74, 6) is -1.32. The highest BCUT2D eigenvalue weighted by molar-refractivity contribution is 4.99. The molecule has 1 N–H and O–H groups in total. The molecule has 3 fully saturated rings. The Labute approximate surface area is 106 Å². The van der Waals surface area contributed by atoms with Crippen molar-refractivity contribution in [2.45, 2.75) is 70.0 Å². The Morgan fingerprint density at radius 2 is 1.56 bits per heavy atom. The van der Waals surface area contributed by atoms with E-state index in [4.69, 9.17) is 23.7 Å². The molecule has 18 heavy (non-hydrogen) atoms. The molecule has 5 atom stereocenters. The van der Waals surface area contributed by atoms with E-state index in [-0.39, 0.29) is 18.3 Å². The topological polar surface area (TPSA) is 66.4 Å². The van der Waals surface area contributed by atoms with Gasteiger partial charge in [-0.25, -0.2) is 0 Å². The number of fused-ring (bicyclic) bond motifs is 1. The zero-order chi connectivity index (χ0) is 13.1. The zero-order valence-corrected chi connectivity index (χ0v) is 11.1. The van der Waals surface area contributed by atoms with Gasteiger partial charge in [0.25, 0.3) is 0 Å². The van der Waals surface area contributed by atoms with Crippen LogP contribution in [-0.4, -0.2) is 54.0 Å². The average molecular weight is 260 g/mol. The van der Waals surface area contributed by atoms with Crippen LogP contribution in [0.4, 0.5) is 0 Å². The summed E-state index contributed by atoms with van der Waals surface area (Å²) in [5.41, 5.74) is 0. The van der Waals surface area contributed by atoms with Crippen LogP contribution in [0.5, 0.6) is 0 Å². The number of ether oxygens (including phenoxy) is 5. The summed E-state index contributed by atoms with van der Waals surface area (Å²) in [7, 11) is 0. The molecule has 3 rings (SSSR count). The fraction of sp³-hybridized carbons (Fsp3) is 1.00. The molecule has 0 saturated carbocycles. The maximum Gasteiger partial charge on any atom is 0.184 e. The highest BCUT2D eigenvalue weighted by Crippen LogP contribution is 2.41. The van der Waals surface area contributed by atoms with Crippen molar-refractivity contribution in [3.63, 3.8) is 0 Å². The molecule has 3 aliphatic heterocycles. The van der Waals surface area contributed by atoms with E-state index in [1.807, 2.05) is 27.7 Å². The third-order valence-electron chi connectivity index (χ3n) is 3.46. The summed E-state index contributed by atoms with van der Waals surface area (Å²) in [6, 6.07) is 0. The smallest absolute Gasteiger partial charge is 0.184 e. The highest BCUT2D eigenvalue weighted by atomic mass is 16.8. The van der Waals surface area contributed by atoms with E-state index in [1.54, 1.807) is 0 Å².